The smallest absolute Gasteiger partial charge is 0.191 e. The van der Waals surface area contributed by atoms with Crippen molar-refractivity contribution in [3.05, 3.63) is 21.3 Å². The lowest BCUT2D eigenvalue weighted by Gasteiger charge is -2.13. The first-order chi connectivity index (χ1) is 11.7. The van der Waals surface area contributed by atoms with Crippen LogP contribution in [0.5, 0.6) is 0 Å². The van der Waals surface area contributed by atoms with Crippen molar-refractivity contribution in [1.29, 1.82) is 0 Å². The van der Waals surface area contributed by atoms with Crippen molar-refractivity contribution in [2.75, 3.05) is 39.5 Å². The largest absolute Gasteiger partial charge is 0.386 e. The highest BCUT2D eigenvalue weighted by atomic mass is 35.5. The Morgan fingerprint density at radius 2 is 2.42 bits per heavy atom. The summed E-state index contributed by atoms with van der Waals surface area (Å²) in [6, 6.07) is 3.62. The molecule has 0 saturated carbocycles. The Labute approximate surface area is 152 Å². The fourth-order valence-electron chi connectivity index (χ4n) is 2.29. The van der Waals surface area contributed by atoms with E-state index in [4.69, 9.17) is 21.1 Å². The average Bonchev–Trinajstić information content (AvgIpc) is 3.23. The highest BCUT2D eigenvalue weighted by molar-refractivity contribution is 7.16. The number of guanidine groups is 1. The van der Waals surface area contributed by atoms with Gasteiger partial charge in [-0.15, -0.1) is 11.3 Å². The van der Waals surface area contributed by atoms with Crippen LogP contribution in [-0.2, 0) is 9.47 Å². The molecule has 0 aromatic carbocycles. The predicted octanol–water partition coefficient (Wildman–Crippen LogP) is 2.19. The zero-order chi connectivity index (χ0) is 17.2. The van der Waals surface area contributed by atoms with Gasteiger partial charge in [0.25, 0.3) is 0 Å². The van der Waals surface area contributed by atoms with E-state index in [1.807, 2.05) is 13.0 Å². The molecule has 1 aliphatic rings. The molecule has 0 bridgehead atoms. The van der Waals surface area contributed by atoms with Gasteiger partial charge in [0.05, 0.1) is 23.6 Å². The van der Waals surface area contributed by atoms with Crippen molar-refractivity contribution in [3.8, 4) is 0 Å². The Balaban J connectivity index is 1.67. The molecule has 6 nitrogen and oxygen atoms in total. The van der Waals surface area contributed by atoms with Crippen LogP contribution >= 0.6 is 22.9 Å². The van der Waals surface area contributed by atoms with Crippen molar-refractivity contribution in [2.24, 2.45) is 4.99 Å². The summed E-state index contributed by atoms with van der Waals surface area (Å²) in [7, 11) is 0. The van der Waals surface area contributed by atoms with Crippen LogP contribution < -0.4 is 10.6 Å². The summed E-state index contributed by atoms with van der Waals surface area (Å²) in [5.41, 5.74) is 0. The average molecular weight is 376 g/mol. The van der Waals surface area contributed by atoms with Crippen LogP contribution in [0.2, 0.25) is 4.34 Å². The summed E-state index contributed by atoms with van der Waals surface area (Å²) in [5, 5.41) is 16.6. The second-order valence-corrected chi connectivity index (χ2v) is 7.26. The molecule has 1 saturated heterocycles. The van der Waals surface area contributed by atoms with Gasteiger partial charge in [0.15, 0.2) is 5.96 Å². The Bertz CT molecular complexity index is 507. The number of thiophene rings is 1. The van der Waals surface area contributed by atoms with E-state index >= 15 is 0 Å². The van der Waals surface area contributed by atoms with Crippen LogP contribution in [0.1, 0.15) is 30.7 Å². The van der Waals surface area contributed by atoms with E-state index in [1.54, 1.807) is 6.07 Å². The predicted molar refractivity (Wildman–Crippen MR) is 98.1 cm³/mol. The molecular formula is C16H26ClN3O3S. The molecule has 2 unspecified atom stereocenters. The summed E-state index contributed by atoms with van der Waals surface area (Å²) in [6.45, 7) is 6.05. The van der Waals surface area contributed by atoms with E-state index < -0.39 is 6.10 Å². The van der Waals surface area contributed by atoms with Crippen LogP contribution in [0, 0.1) is 0 Å². The zero-order valence-electron chi connectivity index (χ0n) is 14.0. The number of nitrogens with one attached hydrogen (secondary N) is 2. The highest BCUT2D eigenvalue weighted by Gasteiger charge is 2.15. The van der Waals surface area contributed by atoms with Crippen LogP contribution in [-0.4, -0.2) is 56.6 Å². The van der Waals surface area contributed by atoms with E-state index in [0.717, 1.165) is 37.4 Å². The monoisotopic (exact) mass is 375 g/mol. The van der Waals surface area contributed by atoms with E-state index in [1.165, 1.54) is 11.3 Å². The second kappa shape index (κ2) is 10.9. The topological polar surface area (TPSA) is 75.1 Å². The summed E-state index contributed by atoms with van der Waals surface area (Å²) < 4.78 is 11.7. The van der Waals surface area contributed by atoms with Gasteiger partial charge in [-0.05, 0) is 31.9 Å². The number of rotatable bonds is 9. The van der Waals surface area contributed by atoms with Gasteiger partial charge in [0.2, 0.25) is 0 Å². The lowest BCUT2D eigenvalue weighted by atomic mass is 10.3. The number of aliphatic hydroxyl groups excluding tert-OH is 1. The molecule has 1 aliphatic heterocycles. The molecule has 136 valence electrons. The summed E-state index contributed by atoms with van der Waals surface area (Å²) in [5.74, 6) is 0.698. The lowest BCUT2D eigenvalue weighted by Crippen LogP contribution is -2.38. The molecule has 1 fully saturated rings. The number of nitrogens with zero attached hydrogens (tertiary/aromatic N) is 1. The summed E-state index contributed by atoms with van der Waals surface area (Å²) >= 11 is 7.27. The first kappa shape index (κ1) is 19.5. The summed E-state index contributed by atoms with van der Waals surface area (Å²) in [4.78, 5) is 5.25. The van der Waals surface area contributed by atoms with Crippen LogP contribution in [0.4, 0.5) is 0 Å². The van der Waals surface area contributed by atoms with E-state index in [-0.39, 0.29) is 6.10 Å². The Kier molecular flexibility index (Phi) is 8.83. The molecule has 0 aliphatic carbocycles. The maximum atomic E-state index is 10.1. The molecular weight excluding hydrogens is 350 g/mol. The number of aliphatic imine (C=N–C) groups is 1. The van der Waals surface area contributed by atoms with Crippen LogP contribution in [0.15, 0.2) is 17.1 Å². The quantitative estimate of drug-likeness (QED) is 0.350. The number of hydrogen-bond acceptors (Lipinski definition) is 5. The van der Waals surface area contributed by atoms with Crippen LogP contribution in [0.25, 0.3) is 0 Å². The van der Waals surface area contributed by atoms with Gasteiger partial charge in [-0.3, -0.25) is 4.99 Å². The first-order valence-electron chi connectivity index (χ1n) is 8.34. The molecule has 2 rings (SSSR count). The molecule has 24 heavy (non-hydrogen) atoms. The molecule has 0 spiro atoms. The molecule has 3 N–H and O–H groups in total. The van der Waals surface area contributed by atoms with Crippen molar-refractivity contribution in [1.82, 2.24) is 10.6 Å². The number of ether oxygens (including phenoxy) is 2. The van der Waals surface area contributed by atoms with E-state index in [2.05, 4.69) is 15.6 Å². The van der Waals surface area contributed by atoms with Gasteiger partial charge in [-0.2, -0.15) is 0 Å². The molecule has 2 heterocycles. The van der Waals surface area contributed by atoms with Gasteiger partial charge in [0, 0.05) is 31.2 Å². The molecule has 1 aromatic heterocycles. The highest BCUT2D eigenvalue weighted by Crippen LogP contribution is 2.26. The normalized spacial score (nSPS) is 19.5. The number of hydrogen-bond donors (Lipinski definition) is 3. The van der Waals surface area contributed by atoms with Gasteiger partial charge in [-0.25, -0.2) is 0 Å². The number of halogens is 1. The molecule has 0 radical (unpaired) electrons. The molecule has 8 heteroatoms. The van der Waals surface area contributed by atoms with Crippen molar-refractivity contribution in [3.63, 3.8) is 0 Å². The molecule has 2 atom stereocenters. The second-order valence-electron chi connectivity index (χ2n) is 5.51. The van der Waals surface area contributed by atoms with Gasteiger partial charge >= 0.3 is 0 Å². The third-order valence-electron chi connectivity index (χ3n) is 3.54. The van der Waals surface area contributed by atoms with Crippen molar-refractivity contribution in [2.45, 2.75) is 32.0 Å². The van der Waals surface area contributed by atoms with Crippen LogP contribution in [0.3, 0.4) is 0 Å². The minimum Gasteiger partial charge on any atom is -0.386 e. The Morgan fingerprint density at radius 3 is 3.08 bits per heavy atom. The van der Waals surface area contributed by atoms with E-state index in [0.29, 0.717) is 30.1 Å². The Hall–Kier alpha value is -0.860. The van der Waals surface area contributed by atoms with E-state index in [9.17, 15) is 5.11 Å². The van der Waals surface area contributed by atoms with Gasteiger partial charge < -0.3 is 25.2 Å². The first-order valence-corrected chi connectivity index (χ1v) is 9.53. The molecule has 0 amide bonds. The third-order valence-corrected chi connectivity index (χ3v) is 4.88. The minimum atomic E-state index is -0.636. The summed E-state index contributed by atoms with van der Waals surface area (Å²) in [6.07, 6.45) is 1.50. The Morgan fingerprint density at radius 1 is 1.54 bits per heavy atom. The van der Waals surface area contributed by atoms with Crippen molar-refractivity contribution >= 4 is 28.9 Å². The zero-order valence-corrected chi connectivity index (χ0v) is 15.5. The third kappa shape index (κ3) is 6.94. The van der Waals surface area contributed by atoms with Gasteiger partial charge in [-0.1, -0.05) is 11.6 Å². The lowest BCUT2D eigenvalue weighted by molar-refractivity contribution is 0.0420. The maximum absolute atomic E-state index is 10.1. The fourth-order valence-corrected chi connectivity index (χ4v) is 3.33. The molecule has 1 aromatic rings. The maximum Gasteiger partial charge on any atom is 0.191 e. The van der Waals surface area contributed by atoms with Gasteiger partial charge in [0.1, 0.15) is 6.10 Å². The SMILES string of the molecule is CCNC(=NCC(O)c1ccc(Cl)s1)NCCCOC1CCOC1. The number of aliphatic hydroxyl groups is 1. The standard InChI is InChI=1S/C16H26ClN3O3S/c1-2-18-16(19-7-3-8-23-12-6-9-22-11-12)20-10-13(21)14-4-5-15(17)24-14/h4-5,12-13,21H,2-3,6-11H2,1H3,(H2,18,19,20). The van der Waals surface area contributed by atoms with Crippen molar-refractivity contribution < 1.29 is 14.6 Å². The minimum absolute atomic E-state index is 0.250. The fraction of sp³-hybridized carbons (Fsp3) is 0.688.